The SMILES string of the molecule is CCCCCN(CCCNC(=O)Nc1nc(C)cc(=O)[nH]1)CCCNC(=O)Nc1nc(C)cc(=O)[nH]1. The number of nitrogens with zero attached hydrogens (tertiary/aromatic N) is 3. The number of H-pyrrole nitrogens is 2. The van der Waals surface area contributed by atoms with Crippen LogP contribution in [-0.4, -0.2) is 69.6 Å². The van der Waals surface area contributed by atoms with Crippen molar-refractivity contribution < 1.29 is 9.59 Å². The first-order chi connectivity index (χ1) is 17.2. The summed E-state index contributed by atoms with van der Waals surface area (Å²) in [6.07, 6.45) is 4.84. The second-order valence-electron chi connectivity index (χ2n) is 8.49. The van der Waals surface area contributed by atoms with E-state index in [4.69, 9.17) is 0 Å². The zero-order valence-corrected chi connectivity index (χ0v) is 21.2. The fraction of sp³-hybridized carbons (Fsp3) is 0.565. The number of aromatic nitrogens is 4. The van der Waals surface area contributed by atoms with Gasteiger partial charge in [0.05, 0.1) is 0 Å². The summed E-state index contributed by atoms with van der Waals surface area (Å²) in [6.45, 7) is 8.97. The van der Waals surface area contributed by atoms with Crippen molar-refractivity contribution in [1.82, 2.24) is 35.5 Å². The third-order valence-electron chi connectivity index (χ3n) is 5.15. The molecule has 0 aromatic carbocycles. The van der Waals surface area contributed by atoms with Crippen molar-refractivity contribution in [3.8, 4) is 0 Å². The molecule has 0 aliphatic carbocycles. The minimum atomic E-state index is -0.430. The van der Waals surface area contributed by atoms with Gasteiger partial charge >= 0.3 is 12.1 Å². The molecule has 0 aliphatic rings. The number of anilines is 2. The quantitative estimate of drug-likeness (QED) is 0.212. The van der Waals surface area contributed by atoms with Crippen LogP contribution in [-0.2, 0) is 0 Å². The van der Waals surface area contributed by atoms with E-state index in [1.165, 1.54) is 12.1 Å². The number of hydrogen-bond donors (Lipinski definition) is 6. The molecule has 36 heavy (non-hydrogen) atoms. The molecule has 0 unspecified atom stereocenters. The zero-order valence-electron chi connectivity index (χ0n) is 21.2. The van der Waals surface area contributed by atoms with Gasteiger partial charge in [-0.15, -0.1) is 0 Å². The molecule has 198 valence electrons. The van der Waals surface area contributed by atoms with Gasteiger partial charge in [0, 0.05) is 36.6 Å². The van der Waals surface area contributed by atoms with Crippen molar-refractivity contribution in [2.75, 3.05) is 43.4 Å². The molecule has 0 fully saturated rings. The van der Waals surface area contributed by atoms with Crippen molar-refractivity contribution in [1.29, 1.82) is 0 Å². The Balaban J connectivity index is 1.69. The van der Waals surface area contributed by atoms with Gasteiger partial charge in [0.2, 0.25) is 11.9 Å². The van der Waals surface area contributed by atoms with Crippen LogP contribution in [0, 0.1) is 13.8 Å². The van der Waals surface area contributed by atoms with Gasteiger partial charge in [0.15, 0.2) is 0 Å². The summed E-state index contributed by atoms with van der Waals surface area (Å²) in [6, 6.07) is 1.84. The third kappa shape index (κ3) is 11.6. The number of carbonyl (C=O) groups excluding carboxylic acids is 2. The standard InChI is InChI=1S/C23H37N9O4/c1-4-5-6-11-32(12-7-9-24-22(35)30-20-26-16(2)14-18(33)28-20)13-8-10-25-23(36)31-21-27-17(3)15-19(34)29-21/h14-15H,4-13H2,1-3H3,(H3,24,26,28,30,33,35)(H3,25,27,29,31,34,36). The number of aryl methyl sites for hydroxylation is 2. The molecule has 0 bridgehead atoms. The third-order valence-corrected chi connectivity index (χ3v) is 5.15. The van der Waals surface area contributed by atoms with Gasteiger partial charge in [-0.1, -0.05) is 19.8 Å². The fourth-order valence-electron chi connectivity index (χ4n) is 3.51. The Hall–Kier alpha value is -3.74. The van der Waals surface area contributed by atoms with E-state index in [-0.39, 0.29) is 23.0 Å². The molecular weight excluding hydrogens is 466 g/mol. The summed E-state index contributed by atoms with van der Waals surface area (Å²) in [5, 5.41) is 10.6. The van der Waals surface area contributed by atoms with Gasteiger partial charge in [-0.2, -0.15) is 0 Å². The van der Waals surface area contributed by atoms with Crippen LogP contribution in [0.1, 0.15) is 50.4 Å². The highest BCUT2D eigenvalue weighted by Gasteiger charge is 2.08. The van der Waals surface area contributed by atoms with Crippen LogP contribution < -0.4 is 32.4 Å². The van der Waals surface area contributed by atoms with Gasteiger partial charge in [-0.05, 0) is 52.7 Å². The lowest BCUT2D eigenvalue weighted by Crippen LogP contribution is -2.36. The molecule has 2 rings (SSSR count). The number of carbonyl (C=O) groups is 2. The molecule has 2 heterocycles. The Labute approximate surface area is 209 Å². The highest BCUT2D eigenvalue weighted by atomic mass is 16.2. The number of nitrogens with one attached hydrogen (secondary N) is 6. The number of amides is 4. The number of aromatic amines is 2. The summed E-state index contributed by atoms with van der Waals surface area (Å²) in [4.78, 5) is 62.5. The number of hydrogen-bond acceptors (Lipinski definition) is 7. The van der Waals surface area contributed by atoms with E-state index in [2.05, 4.69) is 53.0 Å². The first kappa shape index (κ1) is 28.5. The van der Waals surface area contributed by atoms with Crippen molar-refractivity contribution >= 4 is 24.0 Å². The van der Waals surface area contributed by atoms with Crippen LogP contribution >= 0.6 is 0 Å². The first-order valence-corrected chi connectivity index (χ1v) is 12.2. The van der Waals surface area contributed by atoms with Crippen LogP contribution in [0.25, 0.3) is 0 Å². The molecule has 13 heteroatoms. The van der Waals surface area contributed by atoms with Crippen LogP contribution in [0.5, 0.6) is 0 Å². The lowest BCUT2D eigenvalue weighted by molar-refractivity contribution is 0.243. The van der Waals surface area contributed by atoms with Crippen molar-refractivity contribution in [2.24, 2.45) is 0 Å². The monoisotopic (exact) mass is 503 g/mol. The predicted molar refractivity (Wildman–Crippen MR) is 138 cm³/mol. The smallest absolute Gasteiger partial charge is 0.321 e. The summed E-state index contributed by atoms with van der Waals surface area (Å²) in [7, 11) is 0. The minimum absolute atomic E-state index is 0.111. The second kappa shape index (κ2) is 15.3. The summed E-state index contributed by atoms with van der Waals surface area (Å²) in [5.41, 5.74) is 0.388. The fourth-order valence-corrected chi connectivity index (χ4v) is 3.51. The molecule has 4 amide bonds. The van der Waals surface area contributed by atoms with Crippen LogP contribution in [0.4, 0.5) is 21.5 Å². The Bertz CT molecular complexity index is 1020. The van der Waals surface area contributed by atoms with Gasteiger partial charge in [-0.3, -0.25) is 30.2 Å². The average Bonchev–Trinajstić information content (AvgIpc) is 2.77. The lowest BCUT2D eigenvalue weighted by atomic mass is 10.2. The predicted octanol–water partition coefficient (Wildman–Crippen LogP) is 1.69. The maximum absolute atomic E-state index is 12.1. The Morgan fingerprint density at radius 3 is 1.64 bits per heavy atom. The normalized spacial score (nSPS) is 10.8. The van der Waals surface area contributed by atoms with E-state index in [1.54, 1.807) is 13.8 Å². The van der Waals surface area contributed by atoms with E-state index in [0.717, 1.165) is 51.7 Å². The Morgan fingerprint density at radius 2 is 1.22 bits per heavy atom. The number of rotatable bonds is 14. The van der Waals surface area contributed by atoms with E-state index < -0.39 is 12.1 Å². The van der Waals surface area contributed by atoms with Crippen molar-refractivity contribution in [3.05, 3.63) is 44.2 Å². The summed E-state index contributed by atoms with van der Waals surface area (Å²) >= 11 is 0. The van der Waals surface area contributed by atoms with Crippen molar-refractivity contribution in [3.63, 3.8) is 0 Å². The van der Waals surface area contributed by atoms with Gasteiger partial charge in [-0.25, -0.2) is 19.6 Å². The van der Waals surface area contributed by atoms with Gasteiger partial charge in [0.1, 0.15) is 0 Å². The maximum atomic E-state index is 12.1. The molecule has 13 nitrogen and oxygen atoms in total. The topological polar surface area (TPSA) is 177 Å². The number of unbranched alkanes of at least 4 members (excludes halogenated alkanes) is 2. The van der Waals surface area contributed by atoms with E-state index in [9.17, 15) is 19.2 Å². The lowest BCUT2D eigenvalue weighted by Gasteiger charge is -2.22. The summed E-state index contributed by atoms with van der Waals surface area (Å²) < 4.78 is 0. The van der Waals surface area contributed by atoms with E-state index in [0.29, 0.717) is 24.5 Å². The summed E-state index contributed by atoms with van der Waals surface area (Å²) in [5.74, 6) is 0.222. The Kier molecular flexibility index (Phi) is 12.1. The van der Waals surface area contributed by atoms with Gasteiger partial charge in [0.25, 0.3) is 11.1 Å². The van der Waals surface area contributed by atoms with Crippen LogP contribution in [0.2, 0.25) is 0 Å². The van der Waals surface area contributed by atoms with Crippen molar-refractivity contribution in [2.45, 2.75) is 52.9 Å². The molecule has 0 spiro atoms. The van der Waals surface area contributed by atoms with Crippen LogP contribution in [0.3, 0.4) is 0 Å². The molecule has 2 aromatic rings. The molecule has 6 N–H and O–H groups in total. The first-order valence-electron chi connectivity index (χ1n) is 12.2. The molecule has 0 saturated heterocycles. The Morgan fingerprint density at radius 1 is 0.778 bits per heavy atom. The van der Waals surface area contributed by atoms with E-state index >= 15 is 0 Å². The highest BCUT2D eigenvalue weighted by molar-refractivity contribution is 5.87. The molecule has 0 atom stereocenters. The average molecular weight is 504 g/mol. The molecule has 2 aromatic heterocycles. The second-order valence-corrected chi connectivity index (χ2v) is 8.49. The molecule has 0 radical (unpaired) electrons. The highest BCUT2D eigenvalue weighted by Crippen LogP contribution is 2.02. The molecule has 0 aliphatic heterocycles. The number of urea groups is 2. The van der Waals surface area contributed by atoms with E-state index in [1.807, 2.05) is 0 Å². The molecular formula is C23H37N9O4. The maximum Gasteiger partial charge on any atom is 0.321 e. The zero-order chi connectivity index (χ0) is 26.3. The van der Waals surface area contributed by atoms with Gasteiger partial charge < -0.3 is 15.5 Å². The molecule has 0 saturated carbocycles. The minimum Gasteiger partial charge on any atom is -0.338 e. The van der Waals surface area contributed by atoms with Crippen LogP contribution in [0.15, 0.2) is 21.7 Å². The largest absolute Gasteiger partial charge is 0.338 e.